The summed E-state index contributed by atoms with van der Waals surface area (Å²) in [5, 5.41) is 2.64. The van der Waals surface area contributed by atoms with Crippen molar-refractivity contribution in [3.8, 4) is 5.75 Å². The van der Waals surface area contributed by atoms with Crippen molar-refractivity contribution in [2.24, 2.45) is 0 Å². The highest BCUT2D eigenvalue weighted by molar-refractivity contribution is 6.02. The smallest absolute Gasteiger partial charge is 0.248 e. The lowest BCUT2D eigenvalue weighted by Crippen LogP contribution is -2.17. The summed E-state index contributed by atoms with van der Waals surface area (Å²) in [5.41, 5.74) is 0.945. The van der Waals surface area contributed by atoms with Gasteiger partial charge >= 0.3 is 0 Å². The molecule has 0 aliphatic carbocycles. The third-order valence-electron chi connectivity index (χ3n) is 3.74. The minimum atomic E-state index is -0.450. The minimum absolute atomic E-state index is 0.0395. The highest BCUT2D eigenvalue weighted by Gasteiger charge is 2.17. The Hall–Kier alpha value is -2.73. The summed E-state index contributed by atoms with van der Waals surface area (Å²) in [6.45, 7) is 1.11. The van der Waals surface area contributed by atoms with E-state index in [1.54, 1.807) is 24.4 Å². The largest absolute Gasteiger partial charge is 0.489 e. The van der Waals surface area contributed by atoms with Crippen LogP contribution in [0.3, 0.4) is 0 Å². The van der Waals surface area contributed by atoms with E-state index in [0.717, 1.165) is 19.4 Å². The summed E-state index contributed by atoms with van der Waals surface area (Å²) >= 11 is 0. The van der Waals surface area contributed by atoms with E-state index < -0.39 is 11.7 Å². The minimum Gasteiger partial charge on any atom is -0.489 e. The number of hydrogen-bond donors (Lipinski definition) is 1. The maximum atomic E-state index is 13.5. The normalized spacial score (nSPS) is 16.9. The Morgan fingerprint density at radius 3 is 3.08 bits per heavy atom. The molecule has 1 amide bonds. The number of anilines is 1. The second kappa shape index (κ2) is 8.39. The zero-order valence-electron chi connectivity index (χ0n) is 13.7. The topological polar surface area (TPSA) is 60.5 Å². The molecule has 1 aromatic carbocycles. The maximum absolute atomic E-state index is 13.5. The maximum Gasteiger partial charge on any atom is 0.248 e. The van der Waals surface area contributed by atoms with Gasteiger partial charge in [-0.2, -0.15) is 0 Å². The molecule has 1 aliphatic rings. The number of carbonyl (C=O) groups excluding carboxylic acids is 1. The molecule has 3 rings (SSSR count). The second-order valence-corrected chi connectivity index (χ2v) is 5.66. The molecule has 1 atom stereocenters. The number of halogens is 1. The molecule has 1 unspecified atom stereocenters. The average Bonchev–Trinajstić information content (AvgIpc) is 3.14. The van der Waals surface area contributed by atoms with Gasteiger partial charge in [-0.3, -0.25) is 9.78 Å². The first-order valence-electron chi connectivity index (χ1n) is 8.15. The molecule has 0 spiro atoms. The lowest BCUT2D eigenvalue weighted by molar-refractivity contribution is -0.111. The Balaban J connectivity index is 1.64. The number of amides is 1. The monoisotopic (exact) mass is 342 g/mol. The van der Waals surface area contributed by atoms with Gasteiger partial charge in [-0.1, -0.05) is 6.07 Å². The van der Waals surface area contributed by atoms with Crippen LogP contribution in [0.1, 0.15) is 18.5 Å². The van der Waals surface area contributed by atoms with Crippen molar-refractivity contribution in [2.45, 2.75) is 18.9 Å². The van der Waals surface area contributed by atoms with Gasteiger partial charge < -0.3 is 14.8 Å². The Morgan fingerprint density at radius 2 is 2.32 bits per heavy atom. The lowest BCUT2D eigenvalue weighted by atomic mass is 10.2. The predicted molar refractivity (Wildman–Crippen MR) is 92.8 cm³/mol. The van der Waals surface area contributed by atoms with Crippen molar-refractivity contribution in [1.82, 2.24) is 4.98 Å². The second-order valence-electron chi connectivity index (χ2n) is 5.66. The standard InChI is InChI=1S/C19H19FN2O3/c20-14-6-8-18(25-13-16-5-3-11-24-16)17(12-14)22-19(23)9-7-15-4-1-2-10-21-15/h1-2,4,6-10,12,16H,3,5,11,13H2,(H,22,23)/b9-7+. The lowest BCUT2D eigenvalue weighted by Gasteiger charge is -2.15. The first-order valence-corrected chi connectivity index (χ1v) is 8.15. The zero-order chi connectivity index (χ0) is 17.5. The number of rotatable bonds is 6. The molecule has 1 saturated heterocycles. The van der Waals surface area contributed by atoms with E-state index in [-0.39, 0.29) is 11.8 Å². The van der Waals surface area contributed by atoms with Gasteiger partial charge in [0.25, 0.3) is 0 Å². The number of carbonyl (C=O) groups is 1. The Bertz CT molecular complexity index is 744. The first kappa shape index (κ1) is 17.1. The number of benzene rings is 1. The predicted octanol–water partition coefficient (Wildman–Crippen LogP) is 3.43. The van der Waals surface area contributed by atoms with Gasteiger partial charge in [0.05, 0.1) is 17.5 Å². The van der Waals surface area contributed by atoms with Crippen molar-refractivity contribution < 1.29 is 18.7 Å². The molecule has 6 heteroatoms. The van der Waals surface area contributed by atoms with Gasteiger partial charge in [0, 0.05) is 24.9 Å². The summed E-state index contributed by atoms with van der Waals surface area (Å²) in [4.78, 5) is 16.2. The van der Waals surface area contributed by atoms with E-state index in [1.807, 2.05) is 6.07 Å². The van der Waals surface area contributed by atoms with Gasteiger partial charge in [-0.05, 0) is 43.2 Å². The Labute approximate surface area is 145 Å². The summed E-state index contributed by atoms with van der Waals surface area (Å²) < 4.78 is 24.7. The molecule has 1 N–H and O–H groups in total. The van der Waals surface area contributed by atoms with Gasteiger partial charge in [-0.25, -0.2) is 4.39 Å². The van der Waals surface area contributed by atoms with Crippen LogP contribution in [0.2, 0.25) is 0 Å². The number of ether oxygens (including phenoxy) is 2. The number of aromatic nitrogens is 1. The van der Waals surface area contributed by atoms with Gasteiger partial charge in [-0.15, -0.1) is 0 Å². The van der Waals surface area contributed by atoms with Gasteiger partial charge in [0.15, 0.2) is 0 Å². The number of pyridine rings is 1. The molecule has 1 aromatic heterocycles. The molecular formula is C19H19FN2O3. The molecule has 1 aliphatic heterocycles. The molecule has 130 valence electrons. The molecule has 2 aromatic rings. The van der Waals surface area contributed by atoms with Gasteiger partial charge in [0.2, 0.25) is 5.91 Å². The molecule has 2 heterocycles. The molecule has 0 radical (unpaired) electrons. The van der Waals surface area contributed by atoms with Crippen LogP contribution in [0.25, 0.3) is 6.08 Å². The summed E-state index contributed by atoms with van der Waals surface area (Å²) in [5.74, 6) is -0.428. The number of nitrogens with one attached hydrogen (secondary N) is 1. The molecule has 5 nitrogen and oxygen atoms in total. The highest BCUT2D eigenvalue weighted by atomic mass is 19.1. The molecule has 0 bridgehead atoms. The fraction of sp³-hybridized carbons (Fsp3) is 0.263. The first-order chi connectivity index (χ1) is 12.2. The van der Waals surface area contributed by atoms with Crippen molar-refractivity contribution >= 4 is 17.7 Å². The van der Waals surface area contributed by atoms with Crippen LogP contribution in [0.5, 0.6) is 5.75 Å². The SMILES string of the molecule is O=C(/C=C/c1ccccn1)Nc1cc(F)ccc1OCC1CCCO1. The quantitative estimate of drug-likeness (QED) is 0.817. The van der Waals surface area contributed by atoms with E-state index in [9.17, 15) is 9.18 Å². The third kappa shape index (κ3) is 5.12. The summed E-state index contributed by atoms with van der Waals surface area (Å²) in [7, 11) is 0. The van der Waals surface area contributed by atoms with Crippen molar-refractivity contribution in [2.75, 3.05) is 18.5 Å². The van der Waals surface area contributed by atoms with Crippen LogP contribution in [0.4, 0.5) is 10.1 Å². The Kier molecular flexibility index (Phi) is 5.74. The summed E-state index contributed by atoms with van der Waals surface area (Å²) in [6, 6.07) is 9.43. The van der Waals surface area contributed by atoms with Gasteiger partial charge in [0.1, 0.15) is 18.2 Å². The van der Waals surface area contributed by atoms with Crippen molar-refractivity contribution in [3.63, 3.8) is 0 Å². The Morgan fingerprint density at radius 1 is 1.40 bits per heavy atom. The van der Waals surface area contributed by atoms with E-state index >= 15 is 0 Å². The van der Waals surface area contributed by atoms with Crippen molar-refractivity contribution in [3.05, 3.63) is 60.2 Å². The number of nitrogens with zero attached hydrogens (tertiary/aromatic N) is 1. The third-order valence-corrected chi connectivity index (χ3v) is 3.74. The molecule has 0 saturated carbocycles. The van der Waals surface area contributed by atoms with E-state index in [1.165, 1.54) is 24.3 Å². The van der Waals surface area contributed by atoms with Crippen LogP contribution >= 0.6 is 0 Å². The molecule has 1 fully saturated rings. The van der Waals surface area contributed by atoms with E-state index in [4.69, 9.17) is 9.47 Å². The van der Waals surface area contributed by atoms with E-state index in [2.05, 4.69) is 10.3 Å². The van der Waals surface area contributed by atoms with Crippen LogP contribution in [-0.2, 0) is 9.53 Å². The van der Waals surface area contributed by atoms with Crippen molar-refractivity contribution in [1.29, 1.82) is 0 Å². The zero-order valence-corrected chi connectivity index (χ0v) is 13.7. The van der Waals surface area contributed by atoms with Crippen LogP contribution in [0, 0.1) is 5.82 Å². The van der Waals surface area contributed by atoms with Crippen LogP contribution in [-0.4, -0.2) is 30.2 Å². The highest BCUT2D eigenvalue weighted by Crippen LogP contribution is 2.26. The average molecular weight is 342 g/mol. The molecule has 25 heavy (non-hydrogen) atoms. The number of hydrogen-bond acceptors (Lipinski definition) is 4. The fourth-order valence-electron chi connectivity index (χ4n) is 2.49. The van der Waals surface area contributed by atoms with Crippen LogP contribution in [0.15, 0.2) is 48.7 Å². The van der Waals surface area contributed by atoms with E-state index in [0.29, 0.717) is 18.1 Å². The van der Waals surface area contributed by atoms with Crippen LogP contribution < -0.4 is 10.1 Å². The molecular weight excluding hydrogens is 323 g/mol. The fourth-order valence-corrected chi connectivity index (χ4v) is 2.49. The summed E-state index contributed by atoms with van der Waals surface area (Å²) in [6.07, 6.45) is 6.56.